The van der Waals surface area contributed by atoms with Crippen LogP contribution in [-0.4, -0.2) is 30.0 Å². The topological polar surface area (TPSA) is 58.1 Å². The largest absolute Gasteiger partial charge is 0.378 e. The molecular formula is C20H20N4O. The van der Waals surface area contributed by atoms with Crippen molar-refractivity contribution < 1.29 is 4.79 Å². The predicted molar refractivity (Wildman–Crippen MR) is 99.4 cm³/mol. The van der Waals surface area contributed by atoms with Crippen LogP contribution < -0.4 is 10.2 Å². The molecule has 2 aromatic heterocycles. The maximum atomic E-state index is 12.2. The van der Waals surface area contributed by atoms with E-state index < -0.39 is 0 Å². The fourth-order valence-corrected chi connectivity index (χ4v) is 2.41. The number of pyridine rings is 2. The number of rotatable bonds is 5. The van der Waals surface area contributed by atoms with E-state index in [-0.39, 0.29) is 5.91 Å². The van der Waals surface area contributed by atoms with Crippen molar-refractivity contribution in [3.63, 3.8) is 0 Å². The van der Waals surface area contributed by atoms with E-state index in [2.05, 4.69) is 15.3 Å². The second-order valence-corrected chi connectivity index (χ2v) is 5.92. The molecule has 0 bridgehead atoms. The minimum atomic E-state index is -0.0957. The Labute approximate surface area is 147 Å². The van der Waals surface area contributed by atoms with Crippen LogP contribution in [0.2, 0.25) is 0 Å². The highest BCUT2D eigenvalue weighted by molar-refractivity contribution is 5.94. The summed E-state index contributed by atoms with van der Waals surface area (Å²) in [5.74, 6) is -0.0957. The van der Waals surface area contributed by atoms with Crippen LogP contribution in [0.5, 0.6) is 0 Å². The number of amides is 1. The molecule has 25 heavy (non-hydrogen) atoms. The number of carbonyl (C=O) groups is 1. The van der Waals surface area contributed by atoms with Gasteiger partial charge in [-0.05, 0) is 48.0 Å². The Bertz CT molecular complexity index is 828. The third-order valence-corrected chi connectivity index (χ3v) is 3.88. The highest BCUT2D eigenvalue weighted by atomic mass is 16.1. The predicted octanol–water partition coefficient (Wildman–Crippen LogP) is 3.14. The monoisotopic (exact) mass is 332 g/mol. The molecule has 0 unspecified atom stereocenters. The molecule has 0 spiro atoms. The minimum Gasteiger partial charge on any atom is -0.378 e. The Morgan fingerprint density at radius 3 is 2.44 bits per heavy atom. The lowest BCUT2D eigenvalue weighted by Gasteiger charge is -2.12. The zero-order valence-corrected chi connectivity index (χ0v) is 14.3. The van der Waals surface area contributed by atoms with Gasteiger partial charge in [0.15, 0.2) is 0 Å². The quantitative estimate of drug-likeness (QED) is 0.780. The molecule has 0 saturated heterocycles. The number of carbonyl (C=O) groups excluding carboxylic acids is 1. The summed E-state index contributed by atoms with van der Waals surface area (Å²) >= 11 is 0. The lowest BCUT2D eigenvalue weighted by Crippen LogP contribution is -2.22. The first kappa shape index (κ1) is 16.6. The van der Waals surface area contributed by atoms with E-state index in [1.165, 1.54) is 0 Å². The summed E-state index contributed by atoms with van der Waals surface area (Å²) in [4.78, 5) is 22.8. The van der Waals surface area contributed by atoms with E-state index in [0.717, 1.165) is 22.5 Å². The lowest BCUT2D eigenvalue weighted by molar-refractivity contribution is 0.0951. The molecule has 0 aliphatic heterocycles. The average molecular weight is 332 g/mol. The molecule has 1 aromatic carbocycles. The fourth-order valence-electron chi connectivity index (χ4n) is 2.41. The summed E-state index contributed by atoms with van der Waals surface area (Å²) in [6.45, 7) is 0.439. The van der Waals surface area contributed by atoms with Crippen LogP contribution in [0.4, 0.5) is 5.69 Å². The molecule has 2 heterocycles. The molecule has 0 atom stereocenters. The number of benzene rings is 1. The maximum absolute atomic E-state index is 12.2. The number of nitrogens with one attached hydrogen (secondary N) is 1. The molecule has 1 N–H and O–H groups in total. The summed E-state index contributed by atoms with van der Waals surface area (Å²) in [5, 5.41) is 2.92. The maximum Gasteiger partial charge on any atom is 0.251 e. The van der Waals surface area contributed by atoms with Crippen LogP contribution in [0.15, 0.2) is 67.1 Å². The second kappa shape index (κ2) is 7.57. The van der Waals surface area contributed by atoms with Gasteiger partial charge in [-0.25, -0.2) is 0 Å². The molecule has 1 amide bonds. The average Bonchev–Trinajstić information content (AvgIpc) is 2.67. The van der Waals surface area contributed by atoms with E-state index in [1.807, 2.05) is 67.5 Å². The van der Waals surface area contributed by atoms with Crippen molar-refractivity contribution in [3.05, 3.63) is 78.2 Å². The molecule has 0 fully saturated rings. The van der Waals surface area contributed by atoms with Gasteiger partial charge in [-0.1, -0.05) is 6.07 Å². The van der Waals surface area contributed by atoms with Crippen LogP contribution in [0, 0.1) is 0 Å². The Morgan fingerprint density at radius 2 is 1.84 bits per heavy atom. The van der Waals surface area contributed by atoms with Crippen LogP contribution in [-0.2, 0) is 6.54 Å². The molecular weight excluding hydrogens is 312 g/mol. The van der Waals surface area contributed by atoms with E-state index in [1.54, 1.807) is 18.6 Å². The standard InChI is InChI=1S/C20H20N4O/c1-24(2)18-8-6-16(7-9-18)20(25)23-13-15-5-10-19(22-12-15)17-4-3-11-21-14-17/h3-12,14H,13H2,1-2H3,(H,23,25). The van der Waals surface area contributed by atoms with Gasteiger partial charge in [0, 0.05) is 56.0 Å². The first-order valence-electron chi connectivity index (χ1n) is 8.04. The summed E-state index contributed by atoms with van der Waals surface area (Å²) in [6.07, 6.45) is 5.29. The van der Waals surface area contributed by atoms with Gasteiger partial charge in [-0.3, -0.25) is 14.8 Å². The van der Waals surface area contributed by atoms with Crippen molar-refractivity contribution in [2.45, 2.75) is 6.54 Å². The Hall–Kier alpha value is -3.21. The van der Waals surface area contributed by atoms with E-state index >= 15 is 0 Å². The molecule has 3 rings (SSSR count). The number of hydrogen-bond acceptors (Lipinski definition) is 4. The SMILES string of the molecule is CN(C)c1ccc(C(=O)NCc2ccc(-c3cccnc3)nc2)cc1. The second-order valence-electron chi connectivity index (χ2n) is 5.92. The lowest BCUT2D eigenvalue weighted by atomic mass is 10.1. The zero-order valence-electron chi connectivity index (χ0n) is 14.3. The number of hydrogen-bond donors (Lipinski definition) is 1. The van der Waals surface area contributed by atoms with Crippen LogP contribution in [0.25, 0.3) is 11.3 Å². The summed E-state index contributed by atoms with van der Waals surface area (Å²) in [5.41, 5.74) is 4.49. The highest BCUT2D eigenvalue weighted by Gasteiger charge is 2.06. The van der Waals surface area contributed by atoms with Crippen LogP contribution in [0.3, 0.4) is 0 Å². The Kier molecular flexibility index (Phi) is 5.04. The smallest absolute Gasteiger partial charge is 0.251 e. The van der Waals surface area contributed by atoms with Crippen molar-refractivity contribution >= 4 is 11.6 Å². The molecule has 0 radical (unpaired) electrons. The summed E-state index contributed by atoms with van der Waals surface area (Å²) in [7, 11) is 3.94. The van der Waals surface area contributed by atoms with Crippen molar-refractivity contribution in [2.75, 3.05) is 19.0 Å². The molecule has 5 heteroatoms. The minimum absolute atomic E-state index is 0.0957. The first-order valence-corrected chi connectivity index (χ1v) is 8.04. The van der Waals surface area contributed by atoms with Crippen LogP contribution >= 0.6 is 0 Å². The first-order chi connectivity index (χ1) is 12.1. The molecule has 5 nitrogen and oxygen atoms in total. The van der Waals surface area contributed by atoms with Crippen molar-refractivity contribution in [3.8, 4) is 11.3 Å². The molecule has 3 aromatic rings. The number of nitrogens with zero attached hydrogens (tertiary/aromatic N) is 3. The zero-order chi connectivity index (χ0) is 17.6. The van der Waals surface area contributed by atoms with Gasteiger partial charge in [0.2, 0.25) is 0 Å². The van der Waals surface area contributed by atoms with Gasteiger partial charge in [0.25, 0.3) is 5.91 Å². The van der Waals surface area contributed by atoms with Gasteiger partial charge in [0.05, 0.1) is 5.69 Å². The van der Waals surface area contributed by atoms with Gasteiger partial charge < -0.3 is 10.2 Å². The van der Waals surface area contributed by atoms with Crippen molar-refractivity contribution in [2.24, 2.45) is 0 Å². The number of aromatic nitrogens is 2. The third-order valence-electron chi connectivity index (χ3n) is 3.88. The molecule has 0 aliphatic rings. The molecule has 0 aliphatic carbocycles. The number of anilines is 1. The summed E-state index contributed by atoms with van der Waals surface area (Å²) < 4.78 is 0. The molecule has 126 valence electrons. The van der Waals surface area contributed by atoms with E-state index in [0.29, 0.717) is 12.1 Å². The fraction of sp³-hybridized carbons (Fsp3) is 0.150. The van der Waals surface area contributed by atoms with Gasteiger partial charge in [0.1, 0.15) is 0 Å². The normalized spacial score (nSPS) is 10.3. The van der Waals surface area contributed by atoms with E-state index in [4.69, 9.17) is 0 Å². The van der Waals surface area contributed by atoms with Crippen molar-refractivity contribution in [1.29, 1.82) is 0 Å². The van der Waals surface area contributed by atoms with Crippen molar-refractivity contribution in [1.82, 2.24) is 15.3 Å². The summed E-state index contributed by atoms with van der Waals surface area (Å²) in [6, 6.07) is 15.3. The molecule has 0 saturated carbocycles. The van der Waals surface area contributed by atoms with Crippen LogP contribution in [0.1, 0.15) is 15.9 Å². The Balaban J connectivity index is 1.60. The van der Waals surface area contributed by atoms with Gasteiger partial charge >= 0.3 is 0 Å². The van der Waals surface area contributed by atoms with Gasteiger partial charge in [-0.15, -0.1) is 0 Å². The van der Waals surface area contributed by atoms with E-state index in [9.17, 15) is 4.79 Å². The Morgan fingerprint density at radius 1 is 1.04 bits per heavy atom. The third kappa shape index (κ3) is 4.20. The van der Waals surface area contributed by atoms with Gasteiger partial charge in [-0.2, -0.15) is 0 Å². The highest BCUT2D eigenvalue weighted by Crippen LogP contribution is 2.15.